The fraction of sp³-hybridized carbons (Fsp3) is 0.938. The molecule has 4 heteroatoms. The molecule has 1 amide bonds. The number of carbonyl (C=O) groups is 1. The minimum atomic E-state index is -0.699. The number of amides is 1. The smallest absolute Gasteiger partial charge is 0.227 e. The number of carbonyl (C=O) groups excluding carboxylic acids is 1. The Labute approximate surface area is 122 Å². The zero-order valence-electron chi connectivity index (χ0n) is 12.8. The van der Waals surface area contributed by atoms with Crippen molar-refractivity contribution in [2.75, 3.05) is 13.1 Å². The summed E-state index contributed by atoms with van der Waals surface area (Å²) in [5, 5.41) is 13.6. The van der Waals surface area contributed by atoms with Crippen LogP contribution >= 0.6 is 0 Å². The SMILES string of the molecule is CCC1CCC(O)(CNC(=O)C2(CN)CCCC2)CC1. The van der Waals surface area contributed by atoms with Crippen molar-refractivity contribution in [3.8, 4) is 0 Å². The van der Waals surface area contributed by atoms with Gasteiger partial charge in [-0.25, -0.2) is 0 Å². The Bertz CT molecular complexity index is 329. The molecule has 0 spiro atoms. The Morgan fingerprint density at radius 2 is 1.85 bits per heavy atom. The Hall–Kier alpha value is -0.610. The predicted octanol–water partition coefficient (Wildman–Crippen LogP) is 1.95. The van der Waals surface area contributed by atoms with E-state index in [1.54, 1.807) is 0 Å². The second-order valence-electron chi connectivity index (χ2n) is 6.95. The van der Waals surface area contributed by atoms with Crippen LogP contribution in [0.15, 0.2) is 0 Å². The molecule has 2 aliphatic carbocycles. The summed E-state index contributed by atoms with van der Waals surface area (Å²) in [5.74, 6) is 0.805. The normalized spacial score (nSPS) is 33.0. The van der Waals surface area contributed by atoms with Crippen LogP contribution < -0.4 is 11.1 Å². The maximum Gasteiger partial charge on any atom is 0.227 e. The van der Waals surface area contributed by atoms with Gasteiger partial charge in [-0.05, 0) is 44.4 Å². The van der Waals surface area contributed by atoms with E-state index in [9.17, 15) is 9.90 Å². The molecule has 2 aliphatic rings. The van der Waals surface area contributed by atoms with Crippen LogP contribution in [-0.2, 0) is 4.79 Å². The third kappa shape index (κ3) is 3.34. The zero-order valence-corrected chi connectivity index (χ0v) is 12.8. The maximum atomic E-state index is 12.4. The summed E-state index contributed by atoms with van der Waals surface area (Å²) in [5.41, 5.74) is 4.76. The summed E-state index contributed by atoms with van der Waals surface area (Å²) in [7, 11) is 0. The predicted molar refractivity (Wildman–Crippen MR) is 80.2 cm³/mol. The van der Waals surface area contributed by atoms with Crippen molar-refractivity contribution in [1.82, 2.24) is 5.32 Å². The first kappa shape index (κ1) is 15.8. The molecule has 0 aromatic rings. The fourth-order valence-corrected chi connectivity index (χ4v) is 3.81. The van der Waals surface area contributed by atoms with E-state index in [-0.39, 0.29) is 11.3 Å². The molecule has 0 aromatic carbocycles. The number of hydrogen-bond donors (Lipinski definition) is 3. The lowest BCUT2D eigenvalue weighted by atomic mass is 9.77. The zero-order chi connectivity index (χ0) is 14.6. The lowest BCUT2D eigenvalue weighted by Gasteiger charge is -2.37. The van der Waals surface area contributed by atoms with Crippen LogP contribution in [0.2, 0.25) is 0 Å². The van der Waals surface area contributed by atoms with Crippen molar-refractivity contribution in [2.24, 2.45) is 17.1 Å². The van der Waals surface area contributed by atoms with Crippen molar-refractivity contribution >= 4 is 5.91 Å². The summed E-state index contributed by atoms with van der Waals surface area (Å²) >= 11 is 0. The molecule has 0 aromatic heterocycles. The molecule has 0 radical (unpaired) electrons. The monoisotopic (exact) mass is 282 g/mol. The summed E-state index contributed by atoms with van der Waals surface area (Å²) in [6.45, 7) is 3.03. The van der Waals surface area contributed by atoms with Gasteiger partial charge in [-0.15, -0.1) is 0 Å². The Kier molecular flexibility index (Phi) is 5.08. The maximum absolute atomic E-state index is 12.4. The lowest BCUT2D eigenvalue weighted by molar-refractivity contribution is -0.132. The van der Waals surface area contributed by atoms with Gasteiger partial charge >= 0.3 is 0 Å². The quantitative estimate of drug-likeness (QED) is 0.721. The van der Waals surface area contributed by atoms with E-state index in [2.05, 4.69) is 12.2 Å². The molecule has 2 rings (SSSR count). The fourth-order valence-electron chi connectivity index (χ4n) is 3.81. The van der Waals surface area contributed by atoms with Crippen molar-refractivity contribution < 1.29 is 9.90 Å². The van der Waals surface area contributed by atoms with E-state index < -0.39 is 5.60 Å². The molecule has 0 aliphatic heterocycles. The van der Waals surface area contributed by atoms with Gasteiger partial charge in [-0.2, -0.15) is 0 Å². The van der Waals surface area contributed by atoms with Crippen LogP contribution in [0.5, 0.6) is 0 Å². The molecule has 20 heavy (non-hydrogen) atoms. The molecular formula is C16H30N2O2. The number of aliphatic hydroxyl groups is 1. The number of nitrogens with two attached hydrogens (primary N) is 1. The van der Waals surface area contributed by atoms with Gasteiger partial charge in [-0.1, -0.05) is 26.2 Å². The molecule has 4 N–H and O–H groups in total. The molecule has 0 bridgehead atoms. The first-order valence-electron chi connectivity index (χ1n) is 8.24. The van der Waals surface area contributed by atoms with Crippen LogP contribution in [-0.4, -0.2) is 29.7 Å². The minimum absolute atomic E-state index is 0.0588. The van der Waals surface area contributed by atoms with Gasteiger partial charge in [0.15, 0.2) is 0 Å². The molecule has 0 atom stereocenters. The molecule has 4 nitrogen and oxygen atoms in total. The van der Waals surface area contributed by atoms with E-state index in [1.807, 2.05) is 0 Å². The van der Waals surface area contributed by atoms with Crippen molar-refractivity contribution in [2.45, 2.75) is 70.3 Å². The van der Waals surface area contributed by atoms with E-state index in [0.29, 0.717) is 13.1 Å². The first-order chi connectivity index (χ1) is 9.53. The van der Waals surface area contributed by atoms with Gasteiger partial charge in [0, 0.05) is 13.1 Å². The van der Waals surface area contributed by atoms with Gasteiger partial charge in [0.2, 0.25) is 5.91 Å². The summed E-state index contributed by atoms with van der Waals surface area (Å²) in [6, 6.07) is 0. The second-order valence-corrected chi connectivity index (χ2v) is 6.95. The highest BCUT2D eigenvalue weighted by atomic mass is 16.3. The standard InChI is InChI=1S/C16H30N2O2/c1-2-13-5-9-16(20,10-6-13)12-18-14(19)15(11-17)7-3-4-8-15/h13,20H,2-12,17H2,1H3,(H,18,19). The molecule has 116 valence electrons. The van der Waals surface area contributed by atoms with Crippen molar-refractivity contribution in [3.63, 3.8) is 0 Å². The number of nitrogens with one attached hydrogen (secondary N) is 1. The topological polar surface area (TPSA) is 75.3 Å². The third-order valence-corrected chi connectivity index (χ3v) is 5.62. The number of rotatable bonds is 5. The summed E-state index contributed by atoms with van der Waals surface area (Å²) in [4.78, 5) is 12.4. The highest BCUT2D eigenvalue weighted by Gasteiger charge is 2.41. The van der Waals surface area contributed by atoms with Crippen molar-refractivity contribution in [3.05, 3.63) is 0 Å². The second kappa shape index (κ2) is 6.44. The highest BCUT2D eigenvalue weighted by molar-refractivity contribution is 5.83. The van der Waals surface area contributed by atoms with Gasteiger partial charge in [0.1, 0.15) is 0 Å². The van der Waals surface area contributed by atoms with Crippen LogP contribution in [0.4, 0.5) is 0 Å². The Balaban J connectivity index is 1.84. The van der Waals surface area contributed by atoms with Gasteiger partial charge < -0.3 is 16.2 Å². The van der Waals surface area contributed by atoms with Crippen LogP contribution in [0.3, 0.4) is 0 Å². The molecule has 0 heterocycles. The van der Waals surface area contributed by atoms with Crippen molar-refractivity contribution in [1.29, 1.82) is 0 Å². The summed E-state index contributed by atoms with van der Waals surface area (Å²) in [6.07, 6.45) is 8.93. The molecule has 0 saturated heterocycles. The highest BCUT2D eigenvalue weighted by Crippen LogP contribution is 2.38. The minimum Gasteiger partial charge on any atom is -0.388 e. The average molecular weight is 282 g/mol. The van der Waals surface area contributed by atoms with Gasteiger partial charge in [0.25, 0.3) is 0 Å². The molecular weight excluding hydrogens is 252 g/mol. The van der Waals surface area contributed by atoms with E-state index >= 15 is 0 Å². The Morgan fingerprint density at radius 1 is 1.25 bits per heavy atom. The summed E-state index contributed by atoms with van der Waals surface area (Å²) < 4.78 is 0. The largest absolute Gasteiger partial charge is 0.388 e. The Morgan fingerprint density at radius 3 is 2.35 bits per heavy atom. The van der Waals surface area contributed by atoms with E-state index in [4.69, 9.17) is 5.73 Å². The number of hydrogen-bond acceptors (Lipinski definition) is 3. The molecule has 2 fully saturated rings. The van der Waals surface area contributed by atoms with Crippen LogP contribution in [0.25, 0.3) is 0 Å². The van der Waals surface area contributed by atoms with E-state index in [0.717, 1.165) is 57.3 Å². The van der Waals surface area contributed by atoms with Crippen LogP contribution in [0.1, 0.15) is 64.7 Å². The lowest BCUT2D eigenvalue weighted by Crippen LogP contribution is -2.51. The van der Waals surface area contributed by atoms with Gasteiger partial charge in [0.05, 0.1) is 11.0 Å². The molecule has 0 unspecified atom stereocenters. The first-order valence-corrected chi connectivity index (χ1v) is 8.24. The molecule has 2 saturated carbocycles. The van der Waals surface area contributed by atoms with Crippen LogP contribution in [0, 0.1) is 11.3 Å². The average Bonchev–Trinajstić information content (AvgIpc) is 2.96. The third-order valence-electron chi connectivity index (χ3n) is 5.62. The van der Waals surface area contributed by atoms with Gasteiger partial charge in [-0.3, -0.25) is 4.79 Å². The van der Waals surface area contributed by atoms with E-state index in [1.165, 1.54) is 6.42 Å².